The zero-order chi connectivity index (χ0) is 14.8. The summed E-state index contributed by atoms with van der Waals surface area (Å²) in [5.74, 6) is -0.472. The highest BCUT2D eigenvalue weighted by Crippen LogP contribution is 2.33. The van der Waals surface area contributed by atoms with Crippen LogP contribution >= 0.6 is 0 Å². The fourth-order valence-corrected chi connectivity index (χ4v) is 2.70. The second kappa shape index (κ2) is 5.99. The maximum absolute atomic E-state index is 13.6. The van der Waals surface area contributed by atoms with Crippen molar-refractivity contribution in [3.8, 4) is 0 Å². The van der Waals surface area contributed by atoms with Gasteiger partial charge in [0, 0.05) is 13.2 Å². The number of hydrogen-bond acceptors (Lipinski definition) is 2. The van der Waals surface area contributed by atoms with Gasteiger partial charge < -0.3 is 10.4 Å². The summed E-state index contributed by atoms with van der Waals surface area (Å²) in [6, 6.07) is 2.48. The fourth-order valence-electron chi connectivity index (χ4n) is 2.70. The molecule has 2 N–H and O–H groups in total. The van der Waals surface area contributed by atoms with Gasteiger partial charge in [-0.3, -0.25) is 0 Å². The van der Waals surface area contributed by atoms with Gasteiger partial charge in [0.2, 0.25) is 0 Å². The molecule has 2 rings (SSSR count). The van der Waals surface area contributed by atoms with E-state index in [1.807, 2.05) is 0 Å². The predicted octanol–water partition coefficient (Wildman–Crippen LogP) is 3.67. The molecule has 0 saturated heterocycles. The number of hydrogen-bond donors (Lipinski definition) is 2. The number of anilines is 1. The predicted molar refractivity (Wildman–Crippen MR) is 67.8 cm³/mol. The normalized spacial score (nSPS) is 23.1. The third-order valence-corrected chi connectivity index (χ3v) is 3.90. The molecule has 0 spiro atoms. The van der Waals surface area contributed by atoms with E-state index in [0.29, 0.717) is 12.6 Å². The number of rotatable bonds is 4. The van der Waals surface area contributed by atoms with Gasteiger partial charge in [-0.15, -0.1) is 0 Å². The van der Waals surface area contributed by atoms with Crippen LogP contribution in [0.4, 0.5) is 23.2 Å². The van der Waals surface area contributed by atoms with Crippen LogP contribution in [0.2, 0.25) is 0 Å². The standard InChI is InChI=1S/C14H17F4NO/c15-12-6-11(14(16,17)18)4-5-13(12)19-7-9-2-1-3-10(9)8-20/h4-6,9-10,19-20H,1-3,7-8H2. The minimum Gasteiger partial charge on any atom is -0.396 e. The summed E-state index contributed by atoms with van der Waals surface area (Å²) in [4.78, 5) is 0. The molecule has 1 aromatic carbocycles. The van der Waals surface area contributed by atoms with E-state index >= 15 is 0 Å². The van der Waals surface area contributed by atoms with Crippen molar-refractivity contribution in [3.05, 3.63) is 29.6 Å². The first-order chi connectivity index (χ1) is 9.41. The third-order valence-electron chi connectivity index (χ3n) is 3.90. The van der Waals surface area contributed by atoms with E-state index in [4.69, 9.17) is 0 Å². The Labute approximate surface area is 114 Å². The van der Waals surface area contributed by atoms with Crippen molar-refractivity contribution in [2.45, 2.75) is 25.4 Å². The molecular formula is C14H17F4NO. The molecule has 2 nitrogen and oxygen atoms in total. The van der Waals surface area contributed by atoms with Gasteiger partial charge in [-0.2, -0.15) is 13.2 Å². The molecule has 20 heavy (non-hydrogen) atoms. The molecule has 1 saturated carbocycles. The Morgan fingerprint density at radius 1 is 1.20 bits per heavy atom. The fraction of sp³-hybridized carbons (Fsp3) is 0.571. The Bertz CT molecular complexity index is 461. The summed E-state index contributed by atoms with van der Waals surface area (Å²) >= 11 is 0. The maximum Gasteiger partial charge on any atom is 0.416 e. The molecular weight excluding hydrogens is 274 g/mol. The van der Waals surface area contributed by atoms with Crippen molar-refractivity contribution in [1.29, 1.82) is 0 Å². The minimum atomic E-state index is -4.53. The van der Waals surface area contributed by atoms with Crippen molar-refractivity contribution in [2.24, 2.45) is 11.8 Å². The molecule has 2 atom stereocenters. The van der Waals surface area contributed by atoms with Crippen LogP contribution in [-0.4, -0.2) is 18.3 Å². The number of aliphatic hydroxyl groups excluding tert-OH is 1. The maximum atomic E-state index is 13.6. The number of alkyl halides is 3. The van der Waals surface area contributed by atoms with E-state index in [0.717, 1.165) is 31.4 Å². The molecule has 1 aromatic rings. The summed E-state index contributed by atoms with van der Waals surface area (Å²) in [6.07, 6.45) is -1.63. The molecule has 0 aromatic heterocycles. The largest absolute Gasteiger partial charge is 0.416 e. The van der Waals surface area contributed by atoms with Gasteiger partial charge in [-0.05, 0) is 42.9 Å². The zero-order valence-corrected chi connectivity index (χ0v) is 10.9. The van der Waals surface area contributed by atoms with Crippen LogP contribution in [0.5, 0.6) is 0 Å². The van der Waals surface area contributed by atoms with E-state index in [1.165, 1.54) is 0 Å². The van der Waals surface area contributed by atoms with E-state index in [1.54, 1.807) is 0 Å². The quantitative estimate of drug-likeness (QED) is 0.830. The Morgan fingerprint density at radius 2 is 1.90 bits per heavy atom. The van der Waals surface area contributed by atoms with Crippen LogP contribution in [0.3, 0.4) is 0 Å². The second-order valence-electron chi connectivity index (χ2n) is 5.21. The summed E-state index contributed by atoms with van der Waals surface area (Å²) in [5.41, 5.74) is -0.920. The lowest BCUT2D eigenvalue weighted by Gasteiger charge is -2.19. The molecule has 1 aliphatic rings. The topological polar surface area (TPSA) is 32.3 Å². The Hall–Kier alpha value is -1.30. The lowest BCUT2D eigenvalue weighted by atomic mass is 9.97. The number of nitrogens with one attached hydrogen (secondary N) is 1. The van der Waals surface area contributed by atoms with E-state index < -0.39 is 17.6 Å². The first-order valence-electron chi connectivity index (χ1n) is 6.63. The van der Waals surface area contributed by atoms with E-state index in [2.05, 4.69) is 5.32 Å². The van der Waals surface area contributed by atoms with Gasteiger partial charge in [0.1, 0.15) is 5.82 Å². The van der Waals surface area contributed by atoms with Crippen LogP contribution in [-0.2, 0) is 6.18 Å². The van der Waals surface area contributed by atoms with Gasteiger partial charge in [0.15, 0.2) is 0 Å². The van der Waals surface area contributed by atoms with Gasteiger partial charge >= 0.3 is 6.18 Å². The van der Waals surface area contributed by atoms with Crippen molar-refractivity contribution in [2.75, 3.05) is 18.5 Å². The molecule has 1 fully saturated rings. The molecule has 1 aliphatic carbocycles. The van der Waals surface area contributed by atoms with Crippen LogP contribution in [0.15, 0.2) is 18.2 Å². The van der Waals surface area contributed by atoms with Crippen molar-refractivity contribution >= 4 is 5.69 Å². The van der Waals surface area contributed by atoms with E-state index in [9.17, 15) is 22.7 Å². The third kappa shape index (κ3) is 3.42. The lowest BCUT2D eigenvalue weighted by molar-refractivity contribution is -0.137. The van der Waals surface area contributed by atoms with Crippen LogP contribution in [0.1, 0.15) is 24.8 Å². The van der Waals surface area contributed by atoms with Crippen molar-refractivity contribution in [1.82, 2.24) is 0 Å². The lowest BCUT2D eigenvalue weighted by Crippen LogP contribution is -2.21. The Morgan fingerprint density at radius 3 is 2.50 bits per heavy atom. The zero-order valence-electron chi connectivity index (χ0n) is 10.9. The minimum absolute atomic E-state index is 0.0709. The molecule has 2 unspecified atom stereocenters. The smallest absolute Gasteiger partial charge is 0.396 e. The monoisotopic (exact) mass is 291 g/mol. The van der Waals surface area contributed by atoms with Crippen molar-refractivity contribution in [3.63, 3.8) is 0 Å². The van der Waals surface area contributed by atoms with E-state index in [-0.39, 0.29) is 24.1 Å². The highest BCUT2D eigenvalue weighted by Gasteiger charge is 2.31. The molecule has 0 heterocycles. The molecule has 0 aliphatic heterocycles. The van der Waals surface area contributed by atoms with Gasteiger partial charge in [0.25, 0.3) is 0 Å². The van der Waals surface area contributed by atoms with Gasteiger partial charge in [-0.25, -0.2) is 4.39 Å². The molecule has 0 radical (unpaired) electrons. The molecule has 6 heteroatoms. The first kappa shape index (κ1) is 15.1. The van der Waals surface area contributed by atoms with Gasteiger partial charge in [-0.1, -0.05) is 6.42 Å². The van der Waals surface area contributed by atoms with Crippen molar-refractivity contribution < 1.29 is 22.7 Å². The van der Waals surface area contributed by atoms with Crippen LogP contribution in [0.25, 0.3) is 0 Å². The highest BCUT2D eigenvalue weighted by molar-refractivity contribution is 5.46. The number of halogens is 4. The SMILES string of the molecule is OCC1CCCC1CNc1ccc(C(F)(F)F)cc1F. The molecule has 112 valence electrons. The Kier molecular flexibility index (Phi) is 4.52. The summed E-state index contributed by atoms with van der Waals surface area (Å²) in [5, 5.41) is 12.0. The van der Waals surface area contributed by atoms with Gasteiger partial charge in [0.05, 0.1) is 11.3 Å². The average molecular weight is 291 g/mol. The summed E-state index contributed by atoms with van der Waals surface area (Å²) in [7, 11) is 0. The van der Waals surface area contributed by atoms with Crippen LogP contribution in [0, 0.1) is 17.7 Å². The highest BCUT2D eigenvalue weighted by atomic mass is 19.4. The average Bonchev–Trinajstić information content (AvgIpc) is 2.83. The number of aliphatic hydroxyl groups is 1. The number of benzene rings is 1. The molecule has 0 amide bonds. The molecule has 0 bridgehead atoms. The second-order valence-corrected chi connectivity index (χ2v) is 5.21. The summed E-state index contributed by atoms with van der Waals surface area (Å²) in [6.45, 7) is 0.565. The first-order valence-corrected chi connectivity index (χ1v) is 6.63. The Balaban J connectivity index is 2.00. The summed E-state index contributed by atoms with van der Waals surface area (Å²) < 4.78 is 50.9. The van der Waals surface area contributed by atoms with Crippen LogP contribution < -0.4 is 5.32 Å².